The van der Waals surface area contributed by atoms with Crippen LogP contribution in [-0.2, 0) is 23.7 Å². The molecule has 3 heterocycles. The molecule has 1 spiro atoms. The number of rotatable bonds is 3. The fraction of sp³-hybridized carbons (Fsp3) is 0.632. The Kier molecular flexibility index (Phi) is 4.85. The smallest absolute Gasteiger partial charge is 0.306 e. The Labute approximate surface area is 142 Å². The maximum Gasteiger partial charge on any atom is 0.306 e. The van der Waals surface area contributed by atoms with Crippen molar-refractivity contribution in [3.63, 3.8) is 0 Å². The molecular weight excluding hydrogens is 308 g/mol. The summed E-state index contributed by atoms with van der Waals surface area (Å²) in [6.07, 6.45) is 3.09. The van der Waals surface area contributed by atoms with Crippen LogP contribution in [0, 0.1) is 29.6 Å². The Morgan fingerprint density at radius 3 is 2.96 bits per heavy atom. The molecule has 0 amide bonds. The van der Waals surface area contributed by atoms with E-state index in [-0.39, 0.29) is 24.3 Å². The van der Waals surface area contributed by atoms with Crippen molar-refractivity contribution in [3.05, 3.63) is 11.8 Å². The Hall–Kier alpha value is -1.95. The number of carbonyl (C=O) groups is 1. The minimum absolute atomic E-state index is 0.0751. The summed E-state index contributed by atoms with van der Waals surface area (Å²) in [7, 11) is 0. The average Bonchev–Trinajstić information content (AvgIpc) is 3.28. The van der Waals surface area contributed by atoms with Crippen molar-refractivity contribution >= 4 is 5.97 Å². The molecule has 0 aliphatic carbocycles. The standard InChI is InChI=1S/C19H22O5/c1-4-5-6-7-8-15-17-18(23-17)19(24-15)10-9-14(12-21-19)22-16(20)11-13(2)3/h8,13-14,17-18H,9-12H2,1-3H3/b15-8-/t14-,17-,18-,19-/m0/s1. The van der Waals surface area contributed by atoms with Crippen molar-refractivity contribution in [3.8, 4) is 23.7 Å². The zero-order valence-electron chi connectivity index (χ0n) is 14.3. The molecule has 4 atom stereocenters. The number of epoxide rings is 1. The van der Waals surface area contributed by atoms with E-state index in [1.165, 1.54) is 0 Å². The van der Waals surface area contributed by atoms with Crippen LogP contribution < -0.4 is 0 Å². The third-order valence-electron chi connectivity index (χ3n) is 4.17. The lowest BCUT2D eigenvalue weighted by Gasteiger charge is -2.36. The van der Waals surface area contributed by atoms with Gasteiger partial charge >= 0.3 is 5.97 Å². The van der Waals surface area contributed by atoms with Gasteiger partial charge in [0.1, 0.15) is 18.0 Å². The summed E-state index contributed by atoms with van der Waals surface area (Å²) in [6, 6.07) is 0. The lowest BCUT2D eigenvalue weighted by molar-refractivity contribution is -0.260. The molecule has 24 heavy (non-hydrogen) atoms. The molecule has 3 rings (SSSR count). The molecule has 0 aromatic rings. The third kappa shape index (κ3) is 3.59. The molecule has 3 aliphatic rings. The molecule has 3 saturated heterocycles. The lowest BCUT2D eigenvalue weighted by atomic mass is 10.0. The van der Waals surface area contributed by atoms with Crippen molar-refractivity contribution in [2.75, 3.05) is 6.61 Å². The Bertz CT molecular complexity index is 647. The van der Waals surface area contributed by atoms with E-state index < -0.39 is 5.79 Å². The van der Waals surface area contributed by atoms with Crippen LogP contribution >= 0.6 is 0 Å². The first-order chi connectivity index (χ1) is 11.5. The Balaban J connectivity index is 1.54. The van der Waals surface area contributed by atoms with Gasteiger partial charge in [0.2, 0.25) is 5.79 Å². The van der Waals surface area contributed by atoms with Crippen LogP contribution in [0.25, 0.3) is 0 Å². The highest BCUT2D eigenvalue weighted by Crippen LogP contribution is 2.52. The van der Waals surface area contributed by atoms with Gasteiger partial charge in [0.05, 0.1) is 6.61 Å². The number of esters is 1. The molecule has 3 aliphatic heterocycles. The molecule has 5 heteroatoms. The number of ether oxygens (including phenoxy) is 4. The van der Waals surface area contributed by atoms with Crippen molar-refractivity contribution in [2.45, 2.75) is 64.1 Å². The number of hydrogen-bond acceptors (Lipinski definition) is 5. The van der Waals surface area contributed by atoms with E-state index in [9.17, 15) is 4.79 Å². The minimum atomic E-state index is -0.754. The van der Waals surface area contributed by atoms with Gasteiger partial charge in [0.25, 0.3) is 0 Å². The van der Waals surface area contributed by atoms with Crippen LogP contribution in [0.3, 0.4) is 0 Å². The highest BCUT2D eigenvalue weighted by Gasteiger charge is 2.67. The summed E-state index contributed by atoms with van der Waals surface area (Å²) in [6.45, 7) is 6.06. The lowest BCUT2D eigenvalue weighted by Crippen LogP contribution is -2.46. The monoisotopic (exact) mass is 330 g/mol. The van der Waals surface area contributed by atoms with E-state index in [2.05, 4.69) is 23.7 Å². The predicted octanol–water partition coefficient (Wildman–Crippen LogP) is 2.16. The van der Waals surface area contributed by atoms with E-state index >= 15 is 0 Å². The van der Waals surface area contributed by atoms with E-state index in [0.717, 1.165) is 0 Å². The van der Waals surface area contributed by atoms with Gasteiger partial charge in [-0.3, -0.25) is 4.79 Å². The summed E-state index contributed by atoms with van der Waals surface area (Å²) in [5.74, 6) is 11.0. The van der Waals surface area contributed by atoms with Crippen molar-refractivity contribution in [1.82, 2.24) is 0 Å². The van der Waals surface area contributed by atoms with Gasteiger partial charge in [-0.1, -0.05) is 25.7 Å². The molecule has 0 N–H and O–H groups in total. The van der Waals surface area contributed by atoms with E-state index in [0.29, 0.717) is 37.5 Å². The van der Waals surface area contributed by atoms with Gasteiger partial charge < -0.3 is 18.9 Å². The first-order valence-corrected chi connectivity index (χ1v) is 8.34. The number of carbonyl (C=O) groups excluding carboxylic acids is 1. The van der Waals surface area contributed by atoms with Crippen LogP contribution in [0.4, 0.5) is 0 Å². The highest BCUT2D eigenvalue weighted by atomic mass is 16.8. The van der Waals surface area contributed by atoms with Gasteiger partial charge in [0.15, 0.2) is 6.10 Å². The molecule has 3 fully saturated rings. The second-order valence-corrected chi connectivity index (χ2v) is 6.64. The molecular formula is C19H22O5. The molecule has 128 valence electrons. The normalized spacial score (nSPS) is 34.7. The molecule has 0 bridgehead atoms. The first kappa shape index (κ1) is 16.9. The molecule has 0 saturated carbocycles. The molecule has 5 nitrogen and oxygen atoms in total. The van der Waals surface area contributed by atoms with Gasteiger partial charge in [0, 0.05) is 18.9 Å². The van der Waals surface area contributed by atoms with E-state index in [1.54, 1.807) is 13.0 Å². The average molecular weight is 330 g/mol. The number of hydrogen-bond donors (Lipinski definition) is 0. The van der Waals surface area contributed by atoms with Crippen LogP contribution in [0.1, 0.15) is 40.0 Å². The second-order valence-electron chi connectivity index (χ2n) is 6.64. The Morgan fingerprint density at radius 1 is 1.46 bits per heavy atom. The highest BCUT2D eigenvalue weighted by molar-refractivity contribution is 5.69. The zero-order chi connectivity index (χ0) is 17.2. The van der Waals surface area contributed by atoms with Crippen molar-refractivity contribution < 1.29 is 23.7 Å². The summed E-state index contributed by atoms with van der Waals surface area (Å²) < 4.78 is 23.0. The van der Waals surface area contributed by atoms with Gasteiger partial charge in [-0.05, 0) is 31.1 Å². The van der Waals surface area contributed by atoms with Gasteiger partial charge in [-0.25, -0.2) is 0 Å². The fourth-order valence-electron chi connectivity index (χ4n) is 3.01. The van der Waals surface area contributed by atoms with Crippen LogP contribution in [0.15, 0.2) is 11.8 Å². The summed E-state index contributed by atoms with van der Waals surface area (Å²) in [5.41, 5.74) is 0. The fourth-order valence-corrected chi connectivity index (χ4v) is 3.01. The van der Waals surface area contributed by atoms with Crippen molar-refractivity contribution in [2.24, 2.45) is 5.92 Å². The SMILES string of the molecule is CC#CC#C/C=C1\O[C@@]2(CC[C@H](OC(=O)CC(C)C)CO2)[C@H]2O[C@@H]12. The van der Waals surface area contributed by atoms with Gasteiger partial charge in [-0.2, -0.15) is 0 Å². The third-order valence-corrected chi connectivity index (χ3v) is 4.17. The first-order valence-electron chi connectivity index (χ1n) is 8.34. The second kappa shape index (κ2) is 6.89. The molecule has 0 unspecified atom stereocenters. The van der Waals surface area contributed by atoms with E-state index in [4.69, 9.17) is 18.9 Å². The molecule has 0 radical (unpaired) electrons. The summed E-state index contributed by atoms with van der Waals surface area (Å²) in [4.78, 5) is 11.8. The molecule has 0 aromatic heterocycles. The number of allylic oxidation sites excluding steroid dienone is 1. The summed E-state index contributed by atoms with van der Waals surface area (Å²) in [5, 5.41) is 0. The maximum absolute atomic E-state index is 11.8. The topological polar surface area (TPSA) is 57.3 Å². The maximum atomic E-state index is 11.8. The largest absolute Gasteiger partial charge is 0.460 e. The van der Waals surface area contributed by atoms with Crippen molar-refractivity contribution in [1.29, 1.82) is 0 Å². The van der Waals surface area contributed by atoms with Crippen LogP contribution in [0.2, 0.25) is 0 Å². The predicted molar refractivity (Wildman–Crippen MR) is 86.3 cm³/mol. The van der Waals surface area contributed by atoms with Gasteiger partial charge in [-0.15, -0.1) is 0 Å². The minimum Gasteiger partial charge on any atom is -0.460 e. The van der Waals surface area contributed by atoms with Crippen LogP contribution in [-0.4, -0.2) is 36.7 Å². The van der Waals surface area contributed by atoms with Crippen LogP contribution in [0.5, 0.6) is 0 Å². The molecule has 0 aromatic carbocycles. The zero-order valence-corrected chi connectivity index (χ0v) is 14.3. The number of fused-ring (bicyclic) bond motifs is 2. The van der Waals surface area contributed by atoms with E-state index in [1.807, 2.05) is 13.8 Å². The Morgan fingerprint density at radius 2 is 2.29 bits per heavy atom. The quantitative estimate of drug-likeness (QED) is 0.451. The summed E-state index contributed by atoms with van der Waals surface area (Å²) >= 11 is 0.